The Morgan fingerprint density at radius 2 is 2.00 bits per heavy atom. The molecule has 1 aromatic rings. The molecule has 0 bridgehead atoms. The van der Waals surface area contributed by atoms with Gasteiger partial charge in [0.25, 0.3) is 0 Å². The first-order valence-electron chi connectivity index (χ1n) is 5.81. The molecule has 1 aliphatic heterocycles. The topological polar surface area (TPSA) is 49.4 Å². The van der Waals surface area contributed by atoms with Crippen LogP contribution in [0.25, 0.3) is 0 Å². The lowest BCUT2D eigenvalue weighted by Gasteiger charge is -2.37. The van der Waals surface area contributed by atoms with Crippen molar-refractivity contribution in [2.24, 2.45) is 0 Å². The first-order valence-corrected chi connectivity index (χ1v) is 7.47. The third-order valence-corrected chi connectivity index (χ3v) is 5.04. The van der Waals surface area contributed by atoms with Crippen LogP contribution in [0.2, 0.25) is 0 Å². The van der Waals surface area contributed by atoms with Crippen LogP contribution in [0.1, 0.15) is 6.92 Å². The lowest BCUT2D eigenvalue weighted by atomic mass is 10.1. The van der Waals surface area contributed by atoms with Gasteiger partial charge in [-0.3, -0.25) is 0 Å². The number of nitrogens with zero attached hydrogens (tertiary/aromatic N) is 1. The fourth-order valence-electron chi connectivity index (χ4n) is 1.91. The Labute approximate surface area is 103 Å². The second-order valence-electron chi connectivity index (χ2n) is 4.29. The molecule has 0 unspecified atom stereocenters. The van der Waals surface area contributed by atoms with Crippen molar-refractivity contribution in [3.05, 3.63) is 24.3 Å². The van der Waals surface area contributed by atoms with E-state index >= 15 is 0 Å². The summed E-state index contributed by atoms with van der Waals surface area (Å²) in [5, 5.41) is 3.19. The SMILES string of the molecule is CCS(=O)(=O)c1ccccc1N(C)C1CNC1. The molecule has 1 N–H and O–H groups in total. The van der Waals surface area contributed by atoms with Crippen LogP contribution < -0.4 is 10.2 Å². The Morgan fingerprint density at radius 1 is 1.35 bits per heavy atom. The summed E-state index contributed by atoms with van der Waals surface area (Å²) in [6.45, 7) is 3.50. The summed E-state index contributed by atoms with van der Waals surface area (Å²) in [6.07, 6.45) is 0. The molecule has 0 radical (unpaired) electrons. The first-order chi connectivity index (χ1) is 8.06. The third-order valence-electron chi connectivity index (χ3n) is 3.27. The lowest BCUT2D eigenvalue weighted by molar-refractivity contribution is 0.427. The van der Waals surface area contributed by atoms with Crippen LogP contribution >= 0.6 is 0 Å². The second kappa shape index (κ2) is 4.66. The van der Waals surface area contributed by atoms with Crippen molar-refractivity contribution in [1.82, 2.24) is 5.32 Å². The van der Waals surface area contributed by atoms with E-state index in [1.165, 1.54) is 0 Å². The summed E-state index contributed by atoms with van der Waals surface area (Å²) >= 11 is 0. The number of nitrogens with one attached hydrogen (secondary N) is 1. The van der Waals surface area contributed by atoms with Crippen LogP contribution in [-0.2, 0) is 9.84 Å². The van der Waals surface area contributed by atoms with E-state index in [0.717, 1.165) is 18.8 Å². The summed E-state index contributed by atoms with van der Waals surface area (Å²) in [6, 6.07) is 7.62. The highest BCUT2D eigenvalue weighted by atomic mass is 32.2. The molecule has 1 saturated heterocycles. The average Bonchev–Trinajstić information content (AvgIpc) is 2.27. The fourth-order valence-corrected chi connectivity index (χ4v) is 3.04. The van der Waals surface area contributed by atoms with Gasteiger partial charge in [0.2, 0.25) is 0 Å². The van der Waals surface area contributed by atoms with Crippen molar-refractivity contribution < 1.29 is 8.42 Å². The standard InChI is InChI=1S/C12H18N2O2S/c1-3-17(15,16)12-7-5-4-6-11(12)14(2)10-8-13-9-10/h4-7,10,13H,3,8-9H2,1-2H3. The Hall–Kier alpha value is -1.07. The van der Waals surface area contributed by atoms with E-state index in [4.69, 9.17) is 0 Å². The molecule has 1 fully saturated rings. The van der Waals surface area contributed by atoms with Gasteiger partial charge in [0.05, 0.1) is 22.4 Å². The number of benzene rings is 1. The smallest absolute Gasteiger partial charge is 0.180 e. The van der Waals surface area contributed by atoms with Gasteiger partial charge in [-0.25, -0.2) is 8.42 Å². The Kier molecular flexibility index (Phi) is 3.40. The van der Waals surface area contributed by atoms with E-state index in [-0.39, 0.29) is 5.75 Å². The number of sulfone groups is 1. The molecule has 1 aromatic carbocycles. The van der Waals surface area contributed by atoms with Crippen molar-refractivity contribution in [1.29, 1.82) is 0 Å². The van der Waals surface area contributed by atoms with E-state index < -0.39 is 9.84 Å². The van der Waals surface area contributed by atoms with Gasteiger partial charge < -0.3 is 10.2 Å². The minimum absolute atomic E-state index is 0.140. The minimum Gasteiger partial charge on any atom is -0.368 e. The van der Waals surface area contributed by atoms with E-state index in [9.17, 15) is 8.42 Å². The van der Waals surface area contributed by atoms with Crippen LogP contribution in [0.5, 0.6) is 0 Å². The summed E-state index contributed by atoms with van der Waals surface area (Å²) < 4.78 is 24.0. The molecule has 4 nitrogen and oxygen atoms in total. The molecule has 0 aliphatic carbocycles. The molecule has 2 rings (SSSR count). The van der Waals surface area contributed by atoms with Crippen molar-refractivity contribution >= 4 is 15.5 Å². The van der Waals surface area contributed by atoms with Crippen LogP contribution in [-0.4, -0.2) is 40.3 Å². The van der Waals surface area contributed by atoms with Gasteiger partial charge >= 0.3 is 0 Å². The molecule has 17 heavy (non-hydrogen) atoms. The number of hydrogen-bond acceptors (Lipinski definition) is 4. The van der Waals surface area contributed by atoms with Crippen LogP contribution in [0.3, 0.4) is 0 Å². The van der Waals surface area contributed by atoms with Gasteiger partial charge in [-0.05, 0) is 12.1 Å². The Bertz CT molecular complexity index is 495. The summed E-state index contributed by atoms with van der Waals surface area (Å²) in [5.41, 5.74) is 0.806. The van der Waals surface area contributed by atoms with Gasteiger partial charge in [0, 0.05) is 20.1 Å². The van der Waals surface area contributed by atoms with Crippen molar-refractivity contribution in [3.8, 4) is 0 Å². The number of para-hydroxylation sites is 1. The molecule has 0 amide bonds. The number of hydrogen-bond donors (Lipinski definition) is 1. The van der Waals surface area contributed by atoms with E-state index in [1.807, 2.05) is 19.2 Å². The van der Waals surface area contributed by atoms with E-state index in [1.54, 1.807) is 19.1 Å². The number of rotatable bonds is 4. The lowest BCUT2D eigenvalue weighted by Crippen LogP contribution is -2.56. The minimum atomic E-state index is -3.15. The quantitative estimate of drug-likeness (QED) is 0.867. The predicted molar refractivity (Wildman–Crippen MR) is 69.2 cm³/mol. The molecule has 1 heterocycles. The van der Waals surface area contributed by atoms with Gasteiger partial charge in [-0.15, -0.1) is 0 Å². The van der Waals surface area contributed by atoms with Crippen LogP contribution in [0.4, 0.5) is 5.69 Å². The molecule has 0 aromatic heterocycles. The maximum atomic E-state index is 12.0. The molecular formula is C12H18N2O2S. The third kappa shape index (κ3) is 2.30. The van der Waals surface area contributed by atoms with E-state index in [0.29, 0.717) is 10.9 Å². The highest BCUT2D eigenvalue weighted by Crippen LogP contribution is 2.27. The number of likely N-dealkylation sites (N-methyl/N-ethyl adjacent to an activating group) is 1. The van der Waals surface area contributed by atoms with Gasteiger partial charge in [-0.2, -0.15) is 0 Å². The fraction of sp³-hybridized carbons (Fsp3) is 0.500. The molecule has 0 saturated carbocycles. The Balaban J connectivity index is 2.40. The van der Waals surface area contributed by atoms with Crippen molar-refractivity contribution in [3.63, 3.8) is 0 Å². The zero-order chi connectivity index (χ0) is 12.5. The number of anilines is 1. The summed E-state index contributed by atoms with van der Waals surface area (Å²) in [7, 11) is -1.20. The molecule has 5 heteroatoms. The second-order valence-corrected chi connectivity index (χ2v) is 6.54. The molecule has 0 spiro atoms. The van der Waals surface area contributed by atoms with E-state index in [2.05, 4.69) is 10.2 Å². The highest BCUT2D eigenvalue weighted by molar-refractivity contribution is 7.91. The van der Waals surface area contributed by atoms with Gasteiger partial charge in [0.15, 0.2) is 9.84 Å². The molecule has 1 aliphatic rings. The monoisotopic (exact) mass is 254 g/mol. The Morgan fingerprint density at radius 3 is 2.53 bits per heavy atom. The maximum absolute atomic E-state index is 12.0. The first kappa shape index (κ1) is 12.4. The average molecular weight is 254 g/mol. The predicted octanol–water partition coefficient (Wildman–Crippen LogP) is 0.888. The summed E-state index contributed by atoms with van der Waals surface area (Å²) in [5.74, 6) is 0.140. The summed E-state index contributed by atoms with van der Waals surface area (Å²) in [4.78, 5) is 2.50. The van der Waals surface area contributed by atoms with Crippen molar-refractivity contribution in [2.45, 2.75) is 17.9 Å². The largest absolute Gasteiger partial charge is 0.368 e. The highest BCUT2D eigenvalue weighted by Gasteiger charge is 2.26. The van der Waals surface area contributed by atoms with Crippen LogP contribution in [0, 0.1) is 0 Å². The van der Waals surface area contributed by atoms with Gasteiger partial charge in [0.1, 0.15) is 0 Å². The molecular weight excluding hydrogens is 236 g/mol. The van der Waals surface area contributed by atoms with Gasteiger partial charge in [-0.1, -0.05) is 19.1 Å². The molecule has 0 atom stereocenters. The maximum Gasteiger partial charge on any atom is 0.180 e. The molecule has 94 valence electrons. The van der Waals surface area contributed by atoms with Crippen LogP contribution in [0.15, 0.2) is 29.2 Å². The normalized spacial score (nSPS) is 16.6. The van der Waals surface area contributed by atoms with Crippen molar-refractivity contribution in [2.75, 3.05) is 30.8 Å². The zero-order valence-electron chi connectivity index (χ0n) is 10.2. The zero-order valence-corrected chi connectivity index (χ0v) is 11.0.